The molecule has 0 spiro atoms. The van der Waals surface area contributed by atoms with Crippen molar-refractivity contribution in [3.05, 3.63) is 23.8 Å². The number of piperidine rings is 1. The molecule has 0 bridgehead atoms. The van der Waals surface area contributed by atoms with Gasteiger partial charge in [-0.3, -0.25) is 9.59 Å². The van der Waals surface area contributed by atoms with Crippen molar-refractivity contribution in [3.8, 4) is 0 Å². The Morgan fingerprint density at radius 2 is 1.49 bits per heavy atom. The number of hydrogen-bond donors (Lipinski definition) is 5. The Morgan fingerprint density at radius 1 is 0.826 bits per heavy atom. The van der Waals surface area contributed by atoms with Gasteiger partial charge in [0, 0.05) is 38.4 Å². The second kappa shape index (κ2) is 26.3. The van der Waals surface area contributed by atoms with E-state index in [1.54, 1.807) is 26.0 Å². The van der Waals surface area contributed by atoms with E-state index in [1.165, 1.54) is 27.6 Å². The second-order valence-corrected chi connectivity index (χ2v) is 21.0. The van der Waals surface area contributed by atoms with Gasteiger partial charge in [0.2, 0.25) is 0 Å². The molecule has 4 saturated heterocycles. The molecule has 0 radical (unpaired) electrons. The number of ketones is 1. The summed E-state index contributed by atoms with van der Waals surface area (Å²) in [6.07, 6.45) is -3.68. The van der Waals surface area contributed by atoms with Crippen molar-refractivity contribution in [1.82, 2.24) is 9.80 Å². The van der Waals surface area contributed by atoms with Crippen LogP contribution in [0.15, 0.2) is 23.8 Å². The van der Waals surface area contributed by atoms with Gasteiger partial charge in [-0.2, -0.15) is 0 Å². The largest absolute Gasteiger partial charge is 0.462 e. The highest BCUT2D eigenvalue weighted by atomic mass is 16.7. The first-order valence-corrected chi connectivity index (χ1v) is 25.5. The van der Waals surface area contributed by atoms with Gasteiger partial charge >= 0.3 is 5.97 Å². The molecule has 21 atom stereocenters. The fourth-order valence-corrected chi connectivity index (χ4v) is 11.0. The molecule has 5 aliphatic rings. The molecular formula is C51H88N2O16. The Bertz CT molecular complexity index is 1660. The molecule has 4 fully saturated rings. The van der Waals surface area contributed by atoms with Gasteiger partial charge in [0.05, 0.1) is 55.2 Å². The molecule has 5 N–H and O–H groups in total. The zero-order chi connectivity index (χ0) is 50.9. The molecule has 0 unspecified atom stereocenters. The maximum atomic E-state index is 14.1. The average molecular weight is 985 g/mol. The third kappa shape index (κ3) is 15.1. The third-order valence-electron chi connectivity index (χ3n) is 15.3. The first kappa shape index (κ1) is 57.9. The maximum absolute atomic E-state index is 14.1. The smallest absolute Gasteiger partial charge is 0.308 e. The predicted octanol–water partition coefficient (Wildman–Crippen LogP) is 3.12. The number of aliphatic hydroxyl groups is 5. The lowest BCUT2D eigenvalue weighted by Gasteiger charge is -2.50. The van der Waals surface area contributed by atoms with Crippen molar-refractivity contribution in [2.75, 3.05) is 54.6 Å². The maximum Gasteiger partial charge on any atom is 0.308 e. The summed E-state index contributed by atoms with van der Waals surface area (Å²) < 4.78 is 55.7. The number of esters is 1. The number of likely N-dealkylation sites (N-methyl/N-ethyl adjacent to an activating group) is 1. The molecule has 5 rings (SSSR count). The number of cyclic esters (lactones) is 1. The van der Waals surface area contributed by atoms with E-state index < -0.39 is 127 Å². The predicted molar refractivity (Wildman–Crippen MR) is 255 cm³/mol. The molecule has 0 saturated carbocycles. The number of ether oxygens (including phenoxy) is 9. The minimum absolute atomic E-state index is 0.00347. The number of carbonyl (C=O) groups excluding carboxylic acids is 2. The van der Waals surface area contributed by atoms with Crippen LogP contribution in [0.25, 0.3) is 0 Å². The summed E-state index contributed by atoms with van der Waals surface area (Å²) in [5.41, 5.74) is -0.720. The number of hydrogen-bond acceptors (Lipinski definition) is 18. The van der Waals surface area contributed by atoms with E-state index in [4.69, 9.17) is 42.6 Å². The number of allylic oxidation sites excluding steroid dienone is 3. The Balaban J connectivity index is 1.44. The molecular weight excluding hydrogens is 897 g/mol. The van der Waals surface area contributed by atoms with Crippen LogP contribution in [-0.2, 0) is 52.2 Å². The van der Waals surface area contributed by atoms with Gasteiger partial charge < -0.3 is 78.0 Å². The first-order valence-electron chi connectivity index (χ1n) is 25.5. The lowest BCUT2D eigenvalue weighted by molar-refractivity contribution is -0.342. The van der Waals surface area contributed by atoms with Crippen molar-refractivity contribution in [2.24, 2.45) is 23.7 Å². The van der Waals surface area contributed by atoms with Crippen LogP contribution >= 0.6 is 0 Å². The quantitative estimate of drug-likeness (QED) is 0.158. The van der Waals surface area contributed by atoms with E-state index in [0.29, 0.717) is 19.3 Å². The Kier molecular flexibility index (Phi) is 22.1. The Morgan fingerprint density at radius 3 is 2.12 bits per heavy atom. The van der Waals surface area contributed by atoms with Crippen LogP contribution in [0.3, 0.4) is 0 Å². The second-order valence-electron chi connectivity index (χ2n) is 21.0. The van der Waals surface area contributed by atoms with Gasteiger partial charge in [0.15, 0.2) is 24.7 Å². The molecule has 5 aliphatic heterocycles. The van der Waals surface area contributed by atoms with Gasteiger partial charge in [0.1, 0.15) is 42.7 Å². The highest BCUT2D eigenvalue weighted by molar-refractivity contribution is 5.91. The Hall–Kier alpha value is -1.98. The molecule has 18 nitrogen and oxygen atoms in total. The van der Waals surface area contributed by atoms with Gasteiger partial charge in [-0.15, -0.1) is 0 Å². The third-order valence-corrected chi connectivity index (χ3v) is 15.3. The minimum atomic E-state index is -1.47. The molecule has 69 heavy (non-hydrogen) atoms. The van der Waals surface area contributed by atoms with E-state index in [2.05, 4.69) is 4.90 Å². The summed E-state index contributed by atoms with van der Waals surface area (Å²) in [6, 6.07) is -0.686. The summed E-state index contributed by atoms with van der Waals surface area (Å²) in [6.45, 7) is 16.9. The van der Waals surface area contributed by atoms with Gasteiger partial charge in [-0.1, -0.05) is 44.9 Å². The van der Waals surface area contributed by atoms with Crippen LogP contribution < -0.4 is 0 Å². The van der Waals surface area contributed by atoms with Gasteiger partial charge in [0.25, 0.3) is 0 Å². The summed E-state index contributed by atoms with van der Waals surface area (Å²) in [5.74, 6) is -2.72. The van der Waals surface area contributed by atoms with Crippen molar-refractivity contribution < 1.29 is 77.8 Å². The highest BCUT2D eigenvalue weighted by Crippen LogP contribution is 2.38. The van der Waals surface area contributed by atoms with Crippen molar-refractivity contribution >= 4 is 11.8 Å². The normalized spacial score (nSPS) is 45.2. The number of nitrogens with zero attached hydrogens (tertiary/aromatic N) is 2. The molecule has 18 heteroatoms. The standard InChI is InChI=1S/C51H88N2O16/c1-13-38-35(27-63-50-47(62-12)46(61-11)42(57)31(5)65-50)23-28(2)17-18-36(54)29(3)24-34(19-22-53-20-15-14-16-21-53)44(30(4)37(55)25-39(56)67-38)69-49-43(58)41(52(9)10)45(32(6)66-49)68-40-26-51(8,60)48(59)33(7)64-40/h17-18,23,29-35,37-38,40-50,55,57-60H,13-16,19-22,24-27H2,1-12H3/b18-17+,28-23+/t29-,30+,31-,32-,33+,34+,35-,37-,38-,40-,41-,42-,43-,44-,45-,46-,47-,48+,49+,50-,51-/m1/s1. The van der Waals surface area contributed by atoms with Crippen LogP contribution in [0.5, 0.6) is 0 Å². The van der Waals surface area contributed by atoms with Gasteiger partial charge in [-0.05, 0) is 112 Å². The number of likely N-dealkylation sites (tertiary alicyclic amines) is 1. The first-order chi connectivity index (χ1) is 32.6. The van der Waals surface area contributed by atoms with Crippen LogP contribution in [0.1, 0.15) is 107 Å². The minimum Gasteiger partial charge on any atom is -0.462 e. The van der Waals surface area contributed by atoms with E-state index in [0.717, 1.165) is 38.0 Å². The summed E-state index contributed by atoms with van der Waals surface area (Å²) in [5, 5.41) is 56.6. The molecule has 0 aliphatic carbocycles. The number of rotatable bonds is 14. The van der Waals surface area contributed by atoms with Crippen LogP contribution in [0.2, 0.25) is 0 Å². The fourth-order valence-electron chi connectivity index (χ4n) is 11.0. The van der Waals surface area contributed by atoms with Crippen molar-refractivity contribution in [1.29, 1.82) is 0 Å². The number of carbonyl (C=O) groups is 2. The van der Waals surface area contributed by atoms with Gasteiger partial charge in [-0.25, -0.2) is 0 Å². The van der Waals surface area contributed by atoms with Crippen LogP contribution in [0.4, 0.5) is 0 Å². The highest BCUT2D eigenvalue weighted by Gasteiger charge is 2.52. The molecule has 5 heterocycles. The average Bonchev–Trinajstić information content (AvgIpc) is 3.30. The SMILES string of the molecule is CC[C@H]1OC(=O)C[C@@H](O)[C@H](C)[C@@H](O[C@@H]2O[C@H](C)[C@@H](O[C@@H]3C[C@@](C)(O)[C@@H](O)[C@H](C)O3)[C@H](N(C)C)[C@H]2O)[C@@H](CCN2CCCCC2)C[C@@H](C)C(=O)/C=C/C(C)=C/[C@@H]1CO[C@@H]1O[C@H](C)[C@@H](O)[C@@H](OC)[C@H]1OC. The lowest BCUT2D eigenvalue weighted by atomic mass is 9.79. The zero-order valence-electron chi connectivity index (χ0n) is 43.4. The molecule has 0 aromatic rings. The summed E-state index contributed by atoms with van der Waals surface area (Å²) >= 11 is 0. The molecule has 0 amide bonds. The van der Waals surface area contributed by atoms with E-state index in [9.17, 15) is 35.1 Å². The van der Waals surface area contributed by atoms with E-state index >= 15 is 0 Å². The van der Waals surface area contributed by atoms with Crippen LogP contribution in [0, 0.1) is 23.7 Å². The van der Waals surface area contributed by atoms with Crippen molar-refractivity contribution in [2.45, 2.75) is 211 Å². The lowest BCUT2D eigenvalue weighted by Crippen LogP contribution is -2.65. The molecule has 398 valence electrons. The van der Waals surface area contributed by atoms with E-state index in [1.807, 2.05) is 59.7 Å². The fraction of sp³-hybridized carbons (Fsp3) is 0.882. The van der Waals surface area contributed by atoms with Crippen LogP contribution in [-0.4, -0.2) is 205 Å². The number of methoxy groups -OCH3 is 2. The number of aliphatic hydroxyl groups excluding tert-OH is 4. The monoisotopic (exact) mass is 985 g/mol. The topological polar surface area (TPSA) is 225 Å². The summed E-state index contributed by atoms with van der Waals surface area (Å²) in [7, 11) is 6.60. The molecule has 0 aromatic heterocycles. The van der Waals surface area contributed by atoms with E-state index in [-0.39, 0.29) is 31.1 Å². The Labute approximate surface area is 410 Å². The zero-order valence-corrected chi connectivity index (χ0v) is 43.4. The molecule has 0 aromatic carbocycles. The summed E-state index contributed by atoms with van der Waals surface area (Å²) in [4.78, 5) is 32.4. The van der Waals surface area contributed by atoms with Crippen molar-refractivity contribution in [3.63, 3.8) is 0 Å².